The first-order valence-corrected chi connectivity index (χ1v) is 10.9. The normalized spacial score (nSPS) is 10.7. The lowest BCUT2D eigenvalue weighted by atomic mass is 10.2. The number of anilines is 1. The van der Waals surface area contributed by atoms with Crippen molar-refractivity contribution >= 4 is 34.1 Å². The second kappa shape index (κ2) is 9.10. The van der Waals surface area contributed by atoms with Gasteiger partial charge in [0.15, 0.2) is 10.3 Å². The van der Waals surface area contributed by atoms with Crippen molar-refractivity contribution in [2.75, 3.05) is 18.2 Å². The number of carbonyl (C=O) groups excluding carboxylic acids is 1. The molecule has 0 atom stereocenters. The number of hydrogen-bond acceptors (Lipinski definition) is 7. The van der Waals surface area contributed by atoms with Gasteiger partial charge in [-0.15, -0.1) is 10.2 Å². The van der Waals surface area contributed by atoms with Crippen molar-refractivity contribution in [1.82, 2.24) is 19.7 Å². The molecule has 2 aromatic carbocycles. The second-order valence-electron chi connectivity index (χ2n) is 6.30. The van der Waals surface area contributed by atoms with Crippen LogP contribution >= 0.6 is 23.1 Å². The van der Waals surface area contributed by atoms with Crippen molar-refractivity contribution in [2.24, 2.45) is 0 Å². The van der Waals surface area contributed by atoms with Crippen LogP contribution in [0.2, 0.25) is 0 Å². The van der Waals surface area contributed by atoms with Crippen LogP contribution in [0.4, 0.5) is 5.13 Å². The molecule has 0 bridgehead atoms. The Labute approximate surface area is 182 Å². The molecule has 7 nitrogen and oxygen atoms in total. The molecule has 0 aliphatic carbocycles. The summed E-state index contributed by atoms with van der Waals surface area (Å²) >= 11 is 2.76. The average molecular weight is 438 g/mol. The van der Waals surface area contributed by atoms with Gasteiger partial charge in [0, 0.05) is 12.3 Å². The number of aromatic nitrogens is 4. The molecule has 4 aromatic rings. The van der Waals surface area contributed by atoms with Crippen molar-refractivity contribution in [3.63, 3.8) is 0 Å². The van der Waals surface area contributed by atoms with E-state index < -0.39 is 0 Å². The predicted molar refractivity (Wildman–Crippen MR) is 120 cm³/mol. The molecule has 0 spiro atoms. The minimum absolute atomic E-state index is 0.146. The molecule has 1 N–H and O–H groups in total. The highest BCUT2D eigenvalue weighted by Crippen LogP contribution is 2.29. The summed E-state index contributed by atoms with van der Waals surface area (Å²) in [6.45, 7) is 1.87. The number of thioether (sulfide) groups is 1. The van der Waals surface area contributed by atoms with Crippen LogP contribution in [0, 0.1) is 6.92 Å². The summed E-state index contributed by atoms with van der Waals surface area (Å²) in [5.41, 5.74) is 1.96. The Morgan fingerprint density at radius 1 is 1.17 bits per heavy atom. The smallest absolute Gasteiger partial charge is 0.236 e. The fourth-order valence-corrected chi connectivity index (χ4v) is 4.47. The van der Waals surface area contributed by atoms with Crippen LogP contribution < -0.4 is 10.1 Å². The Kier molecular flexibility index (Phi) is 6.10. The van der Waals surface area contributed by atoms with Gasteiger partial charge in [0.2, 0.25) is 5.91 Å². The summed E-state index contributed by atoms with van der Waals surface area (Å²) in [5, 5.41) is 12.4. The van der Waals surface area contributed by atoms with E-state index in [1.54, 1.807) is 13.3 Å². The number of carbonyl (C=O) groups is 1. The molecule has 0 aliphatic heterocycles. The minimum Gasteiger partial charge on any atom is -0.497 e. The fourth-order valence-electron chi connectivity index (χ4n) is 2.84. The van der Waals surface area contributed by atoms with Crippen LogP contribution in [-0.4, -0.2) is 38.5 Å². The van der Waals surface area contributed by atoms with Crippen molar-refractivity contribution in [2.45, 2.75) is 12.1 Å². The number of hydrogen-bond donors (Lipinski definition) is 1. The molecule has 30 heavy (non-hydrogen) atoms. The highest BCUT2D eigenvalue weighted by atomic mass is 32.2. The largest absolute Gasteiger partial charge is 0.497 e. The van der Waals surface area contributed by atoms with Crippen molar-refractivity contribution in [3.8, 4) is 21.9 Å². The van der Waals surface area contributed by atoms with E-state index in [-0.39, 0.29) is 11.7 Å². The molecule has 152 valence electrons. The standard InChI is InChI=1S/C21H19N5O2S2/c1-14-24-25-21(26(14)16-9-6-10-17(11-16)28-2)29-13-19(27)23-20-22-12-18(30-20)15-7-4-3-5-8-15/h3-12H,13H2,1-2H3,(H,22,23,27). The SMILES string of the molecule is COc1cccc(-n2c(C)nnc2SCC(=O)Nc2ncc(-c3ccccc3)s2)c1. The number of ether oxygens (including phenoxy) is 1. The molecular weight excluding hydrogens is 418 g/mol. The summed E-state index contributed by atoms with van der Waals surface area (Å²) in [7, 11) is 1.62. The number of amides is 1. The third-order valence-electron chi connectivity index (χ3n) is 4.25. The topological polar surface area (TPSA) is 81.9 Å². The zero-order valence-electron chi connectivity index (χ0n) is 16.4. The lowest BCUT2D eigenvalue weighted by Crippen LogP contribution is -2.14. The van der Waals surface area contributed by atoms with E-state index in [1.807, 2.05) is 66.1 Å². The van der Waals surface area contributed by atoms with Gasteiger partial charge < -0.3 is 10.1 Å². The van der Waals surface area contributed by atoms with E-state index in [0.29, 0.717) is 10.3 Å². The van der Waals surface area contributed by atoms with Gasteiger partial charge in [0.05, 0.1) is 23.4 Å². The molecule has 2 heterocycles. The Balaban J connectivity index is 1.42. The summed E-state index contributed by atoms with van der Waals surface area (Å²) in [6.07, 6.45) is 1.77. The maximum Gasteiger partial charge on any atom is 0.236 e. The summed E-state index contributed by atoms with van der Waals surface area (Å²) in [4.78, 5) is 17.8. The van der Waals surface area contributed by atoms with Crippen LogP contribution in [0.3, 0.4) is 0 Å². The fraction of sp³-hybridized carbons (Fsp3) is 0.143. The summed E-state index contributed by atoms with van der Waals surface area (Å²) in [5.74, 6) is 1.53. The molecule has 0 radical (unpaired) electrons. The lowest BCUT2D eigenvalue weighted by molar-refractivity contribution is -0.113. The van der Waals surface area contributed by atoms with Gasteiger partial charge in [0.25, 0.3) is 0 Å². The van der Waals surface area contributed by atoms with E-state index in [0.717, 1.165) is 27.7 Å². The van der Waals surface area contributed by atoms with Gasteiger partial charge >= 0.3 is 0 Å². The average Bonchev–Trinajstić information content (AvgIpc) is 3.39. The maximum atomic E-state index is 12.4. The predicted octanol–water partition coefficient (Wildman–Crippen LogP) is 4.44. The molecule has 0 aliphatic rings. The quantitative estimate of drug-likeness (QED) is 0.431. The Bertz CT molecular complexity index is 1160. The van der Waals surface area contributed by atoms with Gasteiger partial charge in [-0.1, -0.05) is 59.5 Å². The molecular formula is C21H19N5O2S2. The maximum absolute atomic E-state index is 12.4. The molecule has 0 fully saturated rings. The van der Waals surface area contributed by atoms with E-state index in [1.165, 1.54) is 23.1 Å². The van der Waals surface area contributed by atoms with Gasteiger partial charge in [0.1, 0.15) is 11.6 Å². The highest BCUT2D eigenvalue weighted by Gasteiger charge is 2.15. The zero-order valence-corrected chi connectivity index (χ0v) is 18.0. The van der Waals surface area contributed by atoms with Crippen LogP contribution in [0.15, 0.2) is 66.0 Å². The first-order chi connectivity index (χ1) is 14.6. The molecule has 0 saturated heterocycles. The molecule has 2 aromatic heterocycles. The number of nitrogens with one attached hydrogen (secondary N) is 1. The van der Waals surface area contributed by atoms with Gasteiger partial charge in [-0.2, -0.15) is 0 Å². The lowest BCUT2D eigenvalue weighted by Gasteiger charge is -2.09. The first kappa shape index (κ1) is 20.1. The molecule has 4 rings (SSSR count). The van der Waals surface area contributed by atoms with Gasteiger partial charge in [-0.3, -0.25) is 9.36 Å². The Morgan fingerprint density at radius 2 is 2.00 bits per heavy atom. The van der Waals surface area contributed by atoms with E-state index in [2.05, 4.69) is 20.5 Å². The van der Waals surface area contributed by atoms with E-state index in [9.17, 15) is 4.79 Å². The minimum atomic E-state index is -0.146. The number of benzene rings is 2. The van der Waals surface area contributed by atoms with E-state index in [4.69, 9.17) is 4.74 Å². The number of aryl methyl sites for hydroxylation is 1. The molecule has 9 heteroatoms. The summed E-state index contributed by atoms with van der Waals surface area (Å²) < 4.78 is 7.20. The number of rotatable bonds is 7. The monoisotopic (exact) mass is 437 g/mol. The van der Waals surface area contributed by atoms with Crippen molar-refractivity contribution < 1.29 is 9.53 Å². The third-order valence-corrected chi connectivity index (χ3v) is 6.14. The Morgan fingerprint density at radius 3 is 2.80 bits per heavy atom. The highest BCUT2D eigenvalue weighted by molar-refractivity contribution is 7.99. The molecule has 0 unspecified atom stereocenters. The second-order valence-corrected chi connectivity index (χ2v) is 8.27. The van der Waals surface area contributed by atoms with E-state index >= 15 is 0 Å². The Hall–Kier alpha value is -3.17. The number of methoxy groups -OCH3 is 1. The first-order valence-electron chi connectivity index (χ1n) is 9.14. The van der Waals surface area contributed by atoms with Crippen molar-refractivity contribution in [3.05, 3.63) is 66.6 Å². The summed E-state index contributed by atoms with van der Waals surface area (Å²) in [6, 6.07) is 17.6. The van der Waals surface area contributed by atoms with Crippen LogP contribution in [0.5, 0.6) is 5.75 Å². The number of nitrogens with zero attached hydrogens (tertiary/aromatic N) is 4. The van der Waals surface area contributed by atoms with Crippen LogP contribution in [-0.2, 0) is 4.79 Å². The van der Waals surface area contributed by atoms with Crippen LogP contribution in [0.25, 0.3) is 16.1 Å². The molecule has 0 saturated carbocycles. The zero-order chi connectivity index (χ0) is 20.9. The van der Waals surface area contributed by atoms with Crippen LogP contribution in [0.1, 0.15) is 5.82 Å². The van der Waals surface area contributed by atoms with Gasteiger partial charge in [-0.05, 0) is 24.6 Å². The molecule has 1 amide bonds. The van der Waals surface area contributed by atoms with Gasteiger partial charge in [-0.25, -0.2) is 4.98 Å². The third kappa shape index (κ3) is 4.52. The number of thiazole rings is 1. The van der Waals surface area contributed by atoms with Crippen molar-refractivity contribution in [1.29, 1.82) is 0 Å².